The maximum atomic E-state index is 5.92. The zero-order chi connectivity index (χ0) is 12.9. The van der Waals surface area contributed by atoms with E-state index in [0.29, 0.717) is 12.7 Å². The Hall–Kier alpha value is -1.80. The molecule has 1 aliphatic rings. The molecule has 0 radical (unpaired) electrons. The Morgan fingerprint density at radius 2 is 1.74 bits per heavy atom. The lowest BCUT2D eigenvalue weighted by Crippen LogP contribution is -2.28. The molecule has 19 heavy (non-hydrogen) atoms. The van der Waals surface area contributed by atoms with Crippen molar-refractivity contribution in [3.05, 3.63) is 54.6 Å². The van der Waals surface area contributed by atoms with Crippen LogP contribution >= 0.6 is 0 Å². The van der Waals surface area contributed by atoms with Crippen LogP contribution in [0.5, 0.6) is 5.75 Å². The molecule has 1 saturated heterocycles. The number of benzene rings is 2. The maximum absolute atomic E-state index is 5.92. The van der Waals surface area contributed by atoms with Crippen LogP contribution in [0, 0.1) is 0 Å². The van der Waals surface area contributed by atoms with Gasteiger partial charge in [0.1, 0.15) is 5.75 Å². The maximum Gasteiger partial charge on any atom is 0.127 e. The molecule has 0 aliphatic carbocycles. The first-order valence-corrected chi connectivity index (χ1v) is 6.82. The molecule has 1 fully saturated rings. The summed E-state index contributed by atoms with van der Waals surface area (Å²) in [7, 11) is 0. The van der Waals surface area contributed by atoms with Crippen molar-refractivity contribution < 1.29 is 9.47 Å². The minimum atomic E-state index is 0.406. The Morgan fingerprint density at radius 3 is 2.47 bits per heavy atom. The molecule has 2 heteroatoms. The van der Waals surface area contributed by atoms with Crippen molar-refractivity contribution >= 4 is 0 Å². The fourth-order valence-corrected chi connectivity index (χ4v) is 2.26. The van der Waals surface area contributed by atoms with Gasteiger partial charge in [0, 0.05) is 18.6 Å². The lowest BCUT2D eigenvalue weighted by atomic mass is 10.0. The third kappa shape index (κ3) is 2.96. The van der Waals surface area contributed by atoms with Crippen molar-refractivity contribution in [2.45, 2.75) is 18.9 Å². The third-order valence-corrected chi connectivity index (χ3v) is 3.46. The first-order valence-electron chi connectivity index (χ1n) is 6.82. The van der Waals surface area contributed by atoms with Crippen molar-refractivity contribution in [1.82, 2.24) is 0 Å². The van der Waals surface area contributed by atoms with E-state index in [2.05, 4.69) is 18.2 Å². The summed E-state index contributed by atoms with van der Waals surface area (Å²) in [5, 5.41) is 0. The standard InChI is InChI=1S/C17H18O2/c1-2-6-14(7-3-1)16-8-4-5-9-17(16)19-13-11-15-10-12-18-15/h1-9,15H,10-13H2. The van der Waals surface area contributed by atoms with E-state index in [1.807, 2.05) is 36.4 Å². The Balaban J connectivity index is 1.70. The number of para-hydroxylation sites is 1. The summed E-state index contributed by atoms with van der Waals surface area (Å²) < 4.78 is 11.3. The molecule has 3 rings (SSSR count). The van der Waals surface area contributed by atoms with Gasteiger partial charge in [0.05, 0.1) is 12.7 Å². The van der Waals surface area contributed by atoms with Gasteiger partial charge in [0.15, 0.2) is 0 Å². The lowest BCUT2D eigenvalue weighted by molar-refractivity contribution is -0.0596. The number of hydrogen-bond donors (Lipinski definition) is 0. The molecule has 0 aromatic heterocycles. The molecular weight excluding hydrogens is 236 g/mol. The highest BCUT2D eigenvalue weighted by Crippen LogP contribution is 2.29. The molecule has 0 spiro atoms. The van der Waals surface area contributed by atoms with Crippen molar-refractivity contribution in [3.8, 4) is 16.9 Å². The van der Waals surface area contributed by atoms with Gasteiger partial charge in [-0.25, -0.2) is 0 Å². The van der Waals surface area contributed by atoms with Crippen molar-refractivity contribution in [2.75, 3.05) is 13.2 Å². The summed E-state index contributed by atoms with van der Waals surface area (Å²) >= 11 is 0. The van der Waals surface area contributed by atoms with Crippen LogP contribution in [0.1, 0.15) is 12.8 Å². The average Bonchev–Trinajstić information content (AvgIpc) is 2.43. The van der Waals surface area contributed by atoms with Crippen LogP contribution in [0.2, 0.25) is 0 Å². The number of hydrogen-bond acceptors (Lipinski definition) is 2. The van der Waals surface area contributed by atoms with Crippen molar-refractivity contribution in [1.29, 1.82) is 0 Å². The predicted molar refractivity (Wildman–Crippen MR) is 76.3 cm³/mol. The minimum absolute atomic E-state index is 0.406. The van der Waals surface area contributed by atoms with E-state index in [0.717, 1.165) is 24.3 Å². The van der Waals surface area contributed by atoms with Gasteiger partial charge in [-0.15, -0.1) is 0 Å². The zero-order valence-electron chi connectivity index (χ0n) is 10.9. The van der Waals surface area contributed by atoms with E-state index in [4.69, 9.17) is 9.47 Å². The molecule has 0 N–H and O–H groups in total. The Bertz CT molecular complexity index is 518. The van der Waals surface area contributed by atoms with Gasteiger partial charge in [-0.05, 0) is 18.1 Å². The average molecular weight is 254 g/mol. The van der Waals surface area contributed by atoms with E-state index in [1.165, 1.54) is 12.0 Å². The summed E-state index contributed by atoms with van der Waals surface area (Å²) in [6.07, 6.45) is 2.55. The Labute approximate surface area is 114 Å². The molecule has 2 nitrogen and oxygen atoms in total. The fourth-order valence-electron chi connectivity index (χ4n) is 2.26. The highest BCUT2D eigenvalue weighted by atomic mass is 16.5. The number of rotatable bonds is 5. The van der Waals surface area contributed by atoms with Crippen molar-refractivity contribution in [3.63, 3.8) is 0 Å². The van der Waals surface area contributed by atoms with Crippen LogP contribution in [0.15, 0.2) is 54.6 Å². The van der Waals surface area contributed by atoms with Crippen LogP contribution in [0.25, 0.3) is 11.1 Å². The van der Waals surface area contributed by atoms with E-state index in [1.54, 1.807) is 0 Å². The van der Waals surface area contributed by atoms with E-state index < -0.39 is 0 Å². The molecule has 0 saturated carbocycles. The van der Waals surface area contributed by atoms with Gasteiger partial charge in [-0.2, -0.15) is 0 Å². The van der Waals surface area contributed by atoms with Crippen LogP contribution in [-0.4, -0.2) is 19.3 Å². The fraction of sp³-hybridized carbons (Fsp3) is 0.294. The van der Waals surface area contributed by atoms with Gasteiger partial charge in [0.25, 0.3) is 0 Å². The molecule has 0 amide bonds. The van der Waals surface area contributed by atoms with Crippen LogP contribution < -0.4 is 4.74 Å². The number of ether oxygens (including phenoxy) is 2. The Kier molecular flexibility index (Phi) is 3.80. The molecule has 0 bridgehead atoms. The smallest absolute Gasteiger partial charge is 0.127 e. The normalized spacial score (nSPS) is 17.8. The Morgan fingerprint density at radius 1 is 1.00 bits per heavy atom. The molecule has 98 valence electrons. The second-order valence-electron chi connectivity index (χ2n) is 4.78. The quantitative estimate of drug-likeness (QED) is 0.805. The summed E-state index contributed by atoms with van der Waals surface area (Å²) in [5.41, 5.74) is 2.34. The summed E-state index contributed by atoms with van der Waals surface area (Å²) in [6, 6.07) is 18.5. The van der Waals surface area contributed by atoms with Gasteiger partial charge in [-0.1, -0.05) is 48.5 Å². The summed E-state index contributed by atoms with van der Waals surface area (Å²) in [5.74, 6) is 0.952. The van der Waals surface area contributed by atoms with E-state index in [-0.39, 0.29) is 0 Å². The SMILES string of the molecule is c1ccc(-c2ccccc2OCCC2CCO2)cc1. The largest absolute Gasteiger partial charge is 0.493 e. The second-order valence-corrected chi connectivity index (χ2v) is 4.78. The summed E-state index contributed by atoms with van der Waals surface area (Å²) in [6.45, 7) is 1.62. The molecule has 1 heterocycles. The molecule has 1 aliphatic heterocycles. The van der Waals surface area contributed by atoms with Crippen LogP contribution in [-0.2, 0) is 4.74 Å². The highest BCUT2D eigenvalue weighted by molar-refractivity contribution is 5.70. The van der Waals surface area contributed by atoms with Gasteiger partial charge in [-0.3, -0.25) is 0 Å². The molecular formula is C17H18O2. The third-order valence-electron chi connectivity index (χ3n) is 3.46. The van der Waals surface area contributed by atoms with Crippen molar-refractivity contribution in [2.24, 2.45) is 0 Å². The predicted octanol–water partition coefficient (Wildman–Crippen LogP) is 3.91. The highest BCUT2D eigenvalue weighted by Gasteiger charge is 2.17. The van der Waals surface area contributed by atoms with E-state index >= 15 is 0 Å². The van der Waals surface area contributed by atoms with Crippen LogP contribution in [0.4, 0.5) is 0 Å². The molecule has 1 unspecified atom stereocenters. The topological polar surface area (TPSA) is 18.5 Å². The van der Waals surface area contributed by atoms with Gasteiger partial charge in [0.2, 0.25) is 0 Å². The zero-order valence-corrected chi connectivity index (χ0v) is 10.9. The van der Waals surface area contributed by atoms with Crippen LogP contribution in [0.3, 0.4) is 0 Å². The first-order chi connectivity index (χ1) is 9.43. The van der Waals surface area contributed by atoms with Gasteiger partial charge >= 0.3 is 0 Å². The molecule has 2 aromatic carbocycles. The second kappa shape index (κ2) is 5.89. The molecule has 2 aromatic rings. The monoisotopic (exact) mass is 254 g/mol. The van der Waals surface area contributed by atoms with E-state index in [9.17, 15) is 0 Å². The minimum Gasteiger partial charge on any atom is -0.493 e. The molecule has 1 atom stereocenters. The lowest BCUT2D eigenvalue weighted by Gasteiger charge is -2.26. The first kappa shape index (κ1) is 12.2. The summed E-state index contributed by atoms with van der Waals surface area (Å²) in [4.78, 5) is 0. The van der Waals surface area contributed by atoms with Gasteiger partial charge < -0.3 is 9.47 Å².